The Kier molecular flexibility index (Phi) is 5.60. The van der Waals surface area contributed by atoms with Gasteiger partial charge in [-0.15, -0.1) is 0 Å². The Morgan fingerprint density at radius 2 is 1.71 bits per heavy atom. The van der Waals surface area contributed by atoms with Gasteiger partial charge in [0.25, 0.3) is 5.91 Å². The molecule has 0 spiro atoms. The topological polar surface area (TPSA) is 80.6 Å². The first-order chi connectivity index (χ1) is 13.2. The molecule has 0 bridgehead atoms. The highest BCUT2D eigenvalue weighted by Gasteiger charge is 2.46. The predicted octanol–water partition coefficient (Wildman–Crippen LogP) is 0.463. The zero-order valence-corrected chi connectivity index (χ0v) is 16.9. The van der Waals surface area contributed by atoms with Gasteiger partial charge in [0.2, 0.25) is 5.91 Å². The lowest BCUT2D eigenvalue weighted by Gasteiger charge is -2.35. The van der Waals surface area contributed by atoms with Crippen LogP contribution in [0.4, 0.5) is 10.5 Å². The van der Waals surface area contributed by atoms with Crippen LogP contribution in [0.15, 0.2) is 24.3 Å². The SMILES string of the molecule is COc1ccc(N2C(=O)C[C@H]([NH+]3CCN(C(=O)OC(C)(C)C)CC3)C2=O)cc1. The molecule has 1 atom stereocenters. The number of carbonyl (C=O) groups is 3. The molecule has 2 fully saturated rings. The van der Waals surface area contributed by atoms with Gasteiger partial charge in [0.15, 0.2) is 6.04 Å². The van der Waals surface area contributed by atoms with Crippen LogP contribution in [0.25, 0.3) is 0 Å². The number of nitrogens with one attached hydrogen (secondary N) is 1. The van der Waals surface area contributed by atoms with Crippen molar-refractivity contribution in [3.63, 3.8) is 0 Å². The molecule has 152 valence electrons. The zero-order valence-electron chi connectivity index (χ0n) is 16.9. The molecule has 0 aromatic heterocycles. The third-order valence-corrected chi connectivity index (χ3v) is 5.03. The van der Waals surface area contributed by atoms with Crippen molar-refractivity contribution in [2.24, 2.45) is 0 Å². The van der Waals surface area contributed by atoms with Gasteiger partial charge in [-0.1, -0.05) is 0 Å². The number of quaternary nitrogens is 1. The van der Waals surface area contributed by atoms with E-state index in [0.29, 0.717) is 37.6 Å². The van der Waals surface area contributed by atoms with E-state index in [1.807, 2.05) is 20.8 Å². The van der Waals surface area contributed by atoms with Gasteiger partial charge < -0.3 is 14.4 Å². The minimum atomic E-state index is -0.534. The molecule has 28 heavy (non-hydrogen) atoms. The fourth-order valence-corrected chi connectivity index (χ4v) is 3.60. The van der Waals surface area contributed by atoms with Gasteiger partial charge in [0, 0.05) is 0 Å². The molecule has 1 aromatic carbocycles. The van der Waals surface area contributed by atoms with Gasteiger partial charge in [0.1, 0.15) is 11.4 Å². The number of methoxy groups -OCH3 is 1. The van der Waals surface area contributed by atoms with Gasteiger partial charge in [0.05, 0.1) is 45.4 Å². The second-order valence-corrected chi connectivity index (χ2v) is 8.15. The summed E-state index contributed by atoms with van der Waals surface area (Å²) < 4.78 is 10.5. The number of ether oxygens (including phenoxy) is 2. The van der Waals surface area contributed by atoms with Crippen LogP contribution < -0.4 is 14.5 Å². The quantitative estimate of drug-likeness (QED) is 0.759. The number of rotatable bonds is 3. The van der Waals surface area contributed by atoms with E-state index in [1.54, 1.807) is 36.3 Å². The molecule has 8 heteroatoms. The van der Waals surface area contributed by atoms with Gasteiger partial charge >= 0.3 is 6.09 Å². The van der Waals surface area contributed by atoms with E-state index < -0.39 is 11.6 Å². The van der Waals surface area contributed by atoms with Crippen LogP contribution in [-0.2, 0) is 14.3 Å². The number of hydrogen-bond donors (Lipinski definition) is 1. The fourth-order valence-electron chi connectivity index (χ4n) is 3.60. The van der Waals surface area contributed by atoms with Crippen molar-refractivity contribution in [1.82, 2.24) is 4.90 Å². The molecule has 0 saturated carbocycles. The van der Waals surface area contributed by atoms with Crippen molar-refractivity contribution >= 4 is 23.6 Å². The second kappa shape index (κ2) is 7.79. The fraction of sp³-hybridized carbons (Fsp3) is 0.550. The van der Waals surface area contributed by atoms with Gasteiger partial charge in [-0.25, -0.2) is 9.69 Å². The van der Waals surface area contributed by atoms with Crippen molar-refractivity contribution < 1.29 is 28.8 Å². The monoisotopic (exact) mass is 390 g/mol. The lowest BCUT2D eigenvalue weighted by atomic mass is 10.1. The minimum absolute atomic E-state index is 0.184. The summed E-state index contributed by atoms with van der Waals surface area (Å²) in [5, 5.41) is 0. The summed E-state index contributed by atoms with van der Waals surface area (Å²) in [4.78, 5) is 41.6. The number of imide groups is 1. The lowest BCUT2D eigenvalue weighted by Crippen LogP contribution is -3.19. The molecule has 0 radical (unpaired) electrons. The van der Waals surface area contributed by atoms with E-state index in [2.05, 4.69) is 0 Å². The van der Waals surface area contributed by atoms with E-state index in [9.17, 15) is 14.4 Å². The van der Waals surface area contributed by atoms with Crippen molar-refractivity contribution in [2.75, 3.05) is 38.2 Å². The highest BCUT2D eigenvalue weighted by Crippen LogP contribution is 2.24. The summed E-state index contributed by atoms with van der Waals surface area (Å²) in [7, 11) is 1.57. The Bertz CT molecular complexity index is 748. The molecule has 2 aliphatic rings. The van der Waals surface area contributed by atoms with E-state index in [-0.39, 0.29) is 24.3 Å². The molecular weight excluding hydrogens is 362 g/mol. The molecule has 8 nitrogen and oxygen atoms in total. The largest absolute Gasteiger partial charge is 0.497 e. The van der Waals surface area contributed by atoms with Crippen LogP contribution in [0.3, 0.4) is 0 Å². The number of hydrogen-bond acceptors (Lipinski definition) is 5. The van der Waals surface area contributed by atoms with Crippen LogP contribution in [0.1, 0.15) is 27.2 Å². The molecular formula is C20H28N3O5+. The summed E-state index contributed by atoms with van der Waals surface area (Å²) in [6, 6.07) is 6.49. The van der Waals surface area contributed by atoms with E-state index in [4.69, 9.17) is 9.47 Å². The Balaban J connectivity index is 1.62. The molecule has 1 aromatic rings. The normalized spacial score (nSPS) is 21.2. The Hall–Kier alpha value is -2.61. The molecule has 0 aliphatic carbocycles. The first-order valence-corrected chi connectivity index (χ1v) is 9.53. The lowest BCUT2D eigenvalue weighted by molar-refractivity contribution is -0.918. The van der Waals surface area contributed by atoms with Crippen molar-refractivity contribution in [2.45, 2.75) is 38.8 Å². The van der Waals surface area contributed by atoms with E-state index in [1.165, 1.54) is 4.90 Å². The maximum atomic E-state index is 12.9. The molecule has 3 rings (SSSR count). The zero-order chi connectivity index (χ0) is 20.5. The van der Waals surface area contributed by atoms with E-state index >= 15 is 0 Å². The number of benzene rings is 1. The Morgan fingerprint density at radius 3 is 2.25 bits per heavy atom. The second-order valence-electron chi connectivity index (χ2n) is 8.15. The van der Waals surface area contributed by atoms with Crippen molar-refractivity contribution in [1.29, 1.82) is 0 Å². The number of amides is 3. The molecule has 1 N–H and O–H groups in total. The first kappa shape index (κ1) is 20.1. The van der Waals surface area contributed by atoms with Gasteiger partial charge in [-0.2, -0.15) is 0 Å². The van der Waals surface area contributed by atoms with Crippen molar-refractivity contribution in [3.8, 4) is 5.75 Å². The van der Waals surface area contributed by atoms with Crippen LogP contribution >= 0.6 is 0 Å². The maximum Gasteiger partial charge on any atom is 0.410 e. The summed E-state index contributed by atoms with van der Waals surface area (Å²) in [5.41, 5.74) is 0.0263. The highest BCUT2D eigenvalue weighted by atomic mass is 16.6. The summed E-state index contributed by atoms with van der Waals surface area (Å²) >= 11 is 0. The Morgan fingerprint density at radius 1 is 1.11 bits per heavy atom. The summed E-state index contributed by atoms with van der Waals surface area (Å²) in [6.45, 7) is 7.74. The molecule has 2 saturated heterocycles. The number of carbonyl (C=O) groups excluding carboxylic acids is 3. The standard InChI is InChI=1S/C20H27N3O5/c1-20(2,3)28-19(26)22-11-9-21(10-12-22)16-13-17(24)23(18(16)25)14-5-7-15(27-4)8-6-14/h5-8,16H,9-13H2,1-4H3/p+1/t16-/m0/s1. The first-order valence-electron chi connectivity index (χ1n) is 9.53. The van der Waals surface area contributed by atoms with Gasteiger partial charge in [-0.3, -0.25) is 14.5 Å². The third-order valence-electron chi connectivity index (χ3n) is 5.03. The molecule has 2 heterocycles. The van der Waals surface area contributed by atoms with Crippen LogP contribution in [-0.4, -0.2) is 67.7 Å². The van der Waals surface area contributed by atoms with Crippen molar-refractivity contribution in [3.05, 3.63) is 24.3 Å². The number of anilines is 1. The maximum absolute atomic E-state index is 12.9. The van der Waals surface area contributed by atoms with Crippen LogP contribution in [0, 0.1) is 0 Å². The predicted molar refractivity (Wildman–Crippen MR) is 102 cm³/mol. The van der Waals surface area contributed by atoms with Crippen LogP contribution in [0.5, 0.6) is 5.75 Å². The Labute approximate surface area is 165 Å². The minimum Gasteiger partial charge on any atom is -0.497 e. The molecule has 0 unspecified atom stereocenters. The molecule has 3 amide bonds. The summed E-state index contributed by atoms with van der Waals surface area (Å²) in [6.07, 6.45) is -0.146. The summed E-state index contributed by atoms with van der Waals surface area (Å²) in [5.74, 6) is 0.293. The highest BCUT2D eigenvalue weighted by molar-refractivity contribution is 6.21. The third kappa shape index (κ3) is 4.27. The van der Waals surface area contributed by atoms with Gasteiger partial charge in [-0.05, 0) is 45.0 Å². The molecule has 2 aliphatic heterocycles. The number of nitrogens with zero attached hydrogens (tertiary/aromatic N) is 2. The average molecular weight is 390 g/mol. The van der Waals surface area contributed by atoms with E-state index in [0.717, 1.165) is 4.90 Å². The smallest absolute Gasteiger partial charge is 0.410 e. The number of piperazine rings is 1. The van der Waals surface area contributed by atoms with Crippen LogP contribution in [0.2, 0.25) is 0 Å². The average Bonchev–Trinajstić information content (AvgIpc) is 2.95.